The molecule has 0 bridgehead atoms. The van der Waals surface area contributed by atoms with Crippen molar-refractivity contribution in [1.29, 1.82) is 0 Å². The van der Waals surface area contributed by atoms with Crippen molar-refractivity contribution in [2.45, 2.75) is 6.92 Å². The molecule has 0 radical (unpaired) electrons. The molecule has 0 aliphatic rings. The second kappa shape index (κ2) is 12.5. The number of rotatable bonds is 11. The monoisotopic (exact) mass is 662 g/mol. The van der Waals surface area contributed by atoms with Gasteiger partial charge in [0, 0.05) is 0 Å². The Kier molecular flexibility index (Phi) is 8.77. The Bertz CT molecular complexity index is 1600. The summed E-state index contributed by atoms with van der Waals surface area (Å²) in [5, 5.41) is 5.91. The molecule has 46 heavy (non-hydrogen) atoms. The third-order valence-corrected chi connectivity index (χ3v) is 24.6. The van der Waals surface area contributed by atoms with Crippen LogP contribution in [0.4, 0.5) is 0 Å². The van der Waals surface area contributed by atoms with Gasteiger partial charge in [0.15, 0.2) is 0 Å². The molecule has 0 unspecified atom stereocenters. The van der Waals surface area contributed by atoms with E-state index in [1.165, 1.54) is 0 Å². The van der Waals surface area contributed by atoms with Crippen LogP contribution in [0, 0.1) is 0 Å². The summed E-state index contributed by atoms with van der Waals surface area (Å²) in [6, 6.07) is 61.7. The van der Waals surface area contributed by atoms with Crippen LogP contribution in [0.15, 0.2) is 182 Å². The van der Waals surface area contributed by atoms with Gasteiger partial charge in [-0.2, -0.15) is 0 Å². The molecule has 0 saturated carbocycles. The Morgan fingerprint density at radius 2 is 0.565 bits per heavy atom. The van der Waals surface area contributed by atoms with Crippen molar-refractivity contribution in [3.63, 3.8) is 0 Å². The molecular weight excluding hydrogens is 621 g/mol. The van der Waals surface area contributed by atoms with Crippen LogP contribution >= 0.6 is 21.3 Å². The third-order valence-electron chi connectivity index (χ3n) is 9.31. The summed E-state index contributed by atoms with van der Waals surface area (Å²) in [5.41, 5.74) is 0. The van der Waals surface area contributed by atoms with E-state index in [4.69, 9.17) is 8.62 Å². The average Bonchev–Trinajstić information content (AvgIpc) is 3.14. The zero-order valence-electron chi connectivity index (χ0n) is 26.6. The summed E-state index contributed by atoms with van der Waals surface area (Å²) < 4.78 is 31.3. The quantitative estimate of drug-likeness (QED) is 0.131. The van der Waals surface area contributed by atoms with E-state index in [0.717, 1.165) is 31.8 Å². The second-order valence-corrected chi connectivity index (χ2v) is 24.1. The van der Waals surface area contributed by atoms with Gasteiger partial charge in [-0.05, 0) is 0 Å². The van der Waals surface area contributed by atoms with Crippen molar-refractivity contribution in [2.24, 2.45) is 0 Å². The molecule has 0 amide bonds. The topological polar surface area (TPSA) is 35.5 Å². The molecule has 0 heterocycles. The Labute approximate surface area is 273 Å². The first kappa shape index (κ1) is 32.3. The van der Waals surface area contributed by atoms with Crippen LogP contribution in [-0.2, 0) is 13.2 Å². The minimum absolute atomic E-state index is 0.184. The molecule has 6 heteroatoms. The molecule has 0 aliphatic heterocycles. The van der Waals surface area contributed by atoms with Crippen LogP contribution in [0.2, 0.25) is 0 Å². The fourth-order valence-corrected chi connectivity index (χ4v) is 22.3. The van der Waals surface area contributed by atoms with Gasteiger partial charge in [0.25, 0.3) is 0 Å². The summed E-state index contributed by atoms with van der Waals surface area (Å²) in [5.74, 6) is 0. The summed E-state index contributed by atoms with van der Waals surface area (Å²) in [7, 11) is -3.95. The van der Waals surface area contributed by atoms with Gasteiger partial charge < -0.3 is 0 Å². The zero-order valence-corrected chi connectivity index (χ0v) is 29.3. The van der Waals surface area contributed by atoms with Gasteiger partial charge in [0.05, 0.1) is 0 Å². The molecule has 3 nitrogen and oxygen atoms in total. The predicted octanol–water partition coefficient (Wildman–Crippen LogP) is 8.38. The number of benzene rings is 6. The van der Waals surface area contributed by atoms with Crippen LogP contribution in [0.25, 0.3) is 0 Å². The van der Waals surface area contributed by atoms with Gasteiger partial charge in [-0.3, -0.25) is 0 Å². The van der Waals surface area contributed by atoms with Gasteiger partial charge in [-0.25, -0.2) is 0 Å². The van der Waals surface area contributed by atoms with E-state index in [1.54, 1.807) is 0 Å². The summed E-state index contributed by atoms with van der Waals surface area (Å²) in [6.45, 7) is -1.56. The van der Waals surface area contributed by atoms with Crippen LogP contribution in [0.3, 0.4) is 0 Å². The SMILES string of the molecule is CCP(=O)(OP(C)(c1ccccc1)(c1ccccc1)c1ccccc1)OP(C)(c1ccccc1)(c1ccccc1)c1ccccc1. The molecule has 0 N–H and O–H groups in total. The minimum atomic E-state index is -3.95. The maximum atomic E-state index is 16.1. The van der Waals surface area contributed by atoms with E-state index in [1.807, 2.05) is 116 Å². The Morgan fingerprint density at radius 1 is 0.391 bits per heavy atom. The summed E-state index contributed by atoms with van der Waals surface area (Å²) >= 11 is 0. The Morgan fingerprint density at radius 3 is 0.717 bits per heavy atom. The van der Waals surface area contributed by atoms with Gasteiger partial charge >= 0.3 is 275 Å². The standard InChI is InChI=1S/C40H41O3P3/c1-4-44(41,42-45(2,35-23-11-5-12-24-35,36-25-13-6-14-26-36)37-27-15-7-16-28-37)43-46(3,38-29-17-8-18-30-38,39-31-19-9-20-32-39)40-33-21-10-22-34-40/h5-34H,4H2,1-3H3. The van der Waals surface area contributed by atoms with Gasteiger partial charge in [0.2, 0.25) is 0 Å². The molecule has 234 valence electrons. The van der Waals surface area contributed by atoms with Crippen molar-refractivity contribution in [3.05, 3.63) is 182 Å². The number of hydrogen-bond donors (Lipinski definition) is 0. The average molecular weight is 663 g/mol. The van der Waals surface area contributed by atoms with E-state index >= 15 is 4.57 Å². The van der Waals surface area contributed by atoms with E-state index in [9.17, 15) is 0 Å². The molecule has 6 aromatic rings. The van der Waals surface area contributed by atoms with Crippen molar-refractivity contribution >= 4 is 53.1 Å². The molecule has 0 aliphatic carbocycles. The predicted molar refractivity (Wildman–Crippen MR) is 202 cm³/mol. The van der Waals surface area contributed by atoms with E-state index in [0.29, 0.717) is 0 Å². The Hall–Kier alpha value is -3.67. The van der Waals surface area contributed by atoms with E-state index in [2.05, 4.69) is 86.1 Å². The molecule has 0 fully saturated rings. The van der Waals surface area contributed by atoms with Crippen molar-refractivity contribution in [1.82, 2.24) is 0 Å². The van der Waals surface area contributed by atoms with E-state index in [-0.39, 0.29) is 6.16 Å². The fraction of sp³-hybridized carbons (Fsp3) is 0.100. The van der Waals surface area contributed by atoms with Crippen molar-refractivity contribution < 1.29 is 13.2 Å². The summed E-state index contributed by atoms with van der Waals surface area (Å²) in [6.07, 6.45) is 0.184. The maximum absolute atomic E-state index is 16.1. The van der Waals surface area contributed by atoms with Crippen LogP contribution in [0.5, 0.6) is 0 Å². The van der Waals surface area contributed by atoms with Gasteiger partial charge in [-0.15, -0.1) is 0 Å². The molecule has 0 aromatic heterocycles. The second-order valence-electron chi connectivity index (χ2n) is 12.0. The Balaban J connectivity index is 1.69. The molecule has 6 rings (SSSR count). The van der Waals surface area contributed by atoms with Crippen molar-refractivity contribution in [3.8, 4) is 0 Å². The normalized spacial score (nSPS) is 15.0. The van der Waals surface area contributed by atoms with Crippen molar-refractivity contribution in [2.75, 3.05) is 19.5 Å². The first-order valence-electron chi connectivity index (χ1n) is 15.6. The summed E-state index contributed by atoms with van der Waals surface area (Å²) in [4.78, 5) is 0. The van der Waals surface area contributed by atoms with Crippen LogP contribution in [-0.4, -0.2) is 19.5 Å². The van der Waals surface area contributed by atoms with E-state index < -0.39 is 21.3 Å². The van der Waals surface area contributed by atoms with Crippen LogP contribution < -0.4 is 31.8 Å². The molecular formula is C40H41O3P3. The van der Waals surface area contributed by atoms with Gasteiger partial charge in [-0.1, -0.05) is 0 Å². The first-order chi connectivity index (χ1) is 22.2. The molecule has 0 spiro atoms. The zero-order chi connectivity index (χ0) is 32.2. The number of hydrogen-bond acceptors (Lipinski definition) is 3. The fourth-order valence-electron chi connectivity index (χ4n) is 6.65. The third kappa shape index (κ3) is 5.22. The van der Waals surface area contributed by atoms with Gasteiger partial charge in [0.1, 0.15) is 0 Å². The molecule has 6 aromatic carbocycles. The molecule has 0 saturated heterocycles. The molecule has 0 atom stereocenters. The van der Waals surface area contributed by atoms with Crippen LogP contribution in [0.1, 0.15) is 6.92 Å². The first-order valence-corrected chi connectivity index (χ1v) is 22.6.